The number of ether oxygens (including phenoxy) is 2. The fraction of sp³-hybridized carbons (Fsp3) is 0.286. The highest BCUT2D eigenvalue weighted by atomic mass is 16.5. The van der Waals surface area contributed by atoms with Crippen molar-refractivity contribution in [1.82, 2.24) is 25.3 Å². The third kappa shape index (κ3) is 2.62. The van der Waals surface area contributed by atoms with Gasteiger partial charge in [0.25, 0.3) is 0 Å². The Morgan fingerprint density at radius 2 is 2.00 bits per heavy atom. The Labute approximate surface area is 127 Å². The van der Waals surface area contributed by atoms with E-state index in [9.17, 15) is 0 Å². The standard InChI is InChI=1S/C14H16N6O2/c1-9(11-8-10(21-2)4-5-12(11)22-3)15-13-6-7-14-16-18-19-20(14)17-13/h4-9H,1-3H3,(H,15,17)/t9-/m1/s1. The first kappa shape index (κ1) is 14.1. The molecule has 0 aliphatic rings. The summed E-state index contributed by atoms with van der Waals surface area (Å²) in [6.45, 7) is 2.02. The van der Waals surface area contributed by atoms with E-state index in [1.54, 1.807) is 20.3 Å². The first-order valence-electron chi connectivity index (χ1n) is 6.75. The fourth-order valence-corrected chi connectivity index (χ4v) is 2.20. The molecule has 0 unspecified atom stereocenters. The lowest BCUT2D eigenvalue weighted by Crippen LogP contribution is -2.11. The number of anilines is 1. The first-order chi connectivity index (χ1) is 10.7. The molecule has 0 saturated heterocycles. The van der Waals surface area contributed by atoms with Gasteiger partial charge in [-0.3, -0.25) is 0 Å². The van der Waals surface area contributed by atoms with Gasteiger partial charge >= 0.3 is 0 Å². The van der Waals surface area contributed by atoms with Gasteiger partial charge in [-0.15, -0.1) is 14.8 Å². The van der Waals surface area contributed by atoms with E-state index in [0.717, 1.165) is 17.1 Å². The zero-order valence-corrected chi connectivity index (χ0v) is 12.5. The second-order valence-corrected chi connectivity index (χ2v) is 4.72. The van der Waals surface area contributed by atoms with Crippen molar-refractivity contribution < 1.29 is 9.47 Å². The number of methoxy groups -OCH3 is 2. The van der Waals surface area contributed by atoms with Crippen molar-refractivity contribution in [2.45, 2.75) is 13.0 Å². The van der Waals surface area contributed by atoms with Gasteiger partial charge in [0.2, 0.25) is 0 Å². The molecule has 0 spiro atoms. The molecule has 1 atom stereocenters. The van der Waals surface area contributed by atoms with E-state index in [2.05, 4.69) is 25.9 Å². The van der Waals surface area contributed by atoms with Gasteiger partial charge in [-0.1, -0.05) is 0 Å². The van der Waals surface area contributed by atoms with Gasteiger partial charge in [-0.2, -0.15) is 0 Å². The summed E-state index contributed by atoms with van der Waals surface area (Å²) in [6.07, 6.45) is 0. The summed E-state index contributed by atoms with van der Waals surface area (Å²) in [5.74, 6) is 2.22. The van der Waals surface area contributed by atoms with Crippen LogP contribution < -0.4 is 14.8 Å². The van der Waals surface area contributed by atoms with Crippen molar-refractivity contribution in [3.63, 3.8) is 0 Å². The minimum atomic E-state index is -0.0357. The number of rotatable bonds is 5. The molecular formula is C14H16N6O2. The lowest BCUT2D eigenvalue weighted by atomic mass is 10.1. The molecular weight excluding hydrogens is 284 g/mol. The van der Waals surface area contributed by atoms with Crippen LogP contribution in [-0.2, 0) is 0 Å². The van der Waals surface area contributed by atoms with Crippen LogP contribution >= 0.6 is 0 Å². The van der Waals surface area contributed by atoms with E-state index in [-0.39, 0.29) is 6.04 Å². The second-order valence-electron chi connectivity index (χ2n) is 4.72. The molecule has 0 fully saturated rings. The molecule has 3 rings (SSSR count). The number of fused-ring (bicyclic) bond motifs is 1. The highest BCUT2D eigenvalue weighted by Gasteiger charge is 2.14. The summed E-state index contributed by atoms with van der Waals surface area (Å²) in [6, 6.07) is 9.27. The largest absolute Gasteiger partial charge is 0.497 e. The van der Waals surface area contributed by atoms with E-state index >= 15 is 0 Å². The molecule has 8 heteroatoms. The first-order valence-corrected chi connectivity index (χ1v) is 6.75. The number of hydrogen-bond acceptors (Lipinski definition) is 7. The third-order valence-corrected chi connectivity index (χ3v) is 3.34. The number of benzene rings is 1. The van der Waals surface area contributed by atoms with Gasteiger partial charge in [-0.05, 0) is 47.7 Å². The maximum Gasteiger partial charge on any atom is 0.200 e. The van der Waals surface area contributed by atoms with Gasteiger partial charge in [0.1, 0.15) is 17.3 Å². The maximum absolute atomic E-state index is 5.41. The summed E-state index contributed by atoms with van der Waals surface area (Å²) in [5, 5.41) is 18.8. The maximum atomic E-state index is 5.41. The SMILES string of the molecule is COc1ccc(OC)c([C@@H](C)Nc2ccc3nnnn3n2)c1. The summed E-state index contributed by atoms with van der Waals surface area (Å²) < 4.78 is 12.1. The predicted molar refractivity (Wildman–Crippen MR) is 80.2 cm³/mol. The highest BCUT2D eigenvalue weighted by molar-refractivity contribution is 5.48. The van der Waals surface area contributed by atoms with Gasteiger partial charge in [-0.25, -0.2) is 0 Å². The molecule has 0 bridgehead atoms. The molecule has 0 amide bonds. The highest BCUT2D eigenvalue weighted by Crippen LogP contribution is 2.30. The lowest BCUT2D eigenvalue weighted by molar-refractivity contribution is 0.397. The fourth-order valence-electron chi connectivity index (χ4n) is 2.20. The number of aromatic nitrogens is 5. The summed E-state index contributed by atoms with van der Waals surface area (Å²) in [4.78, 5) is 0. The quantitative estimate of drug-likeness (QED) is 0.767. The Kier molecular flexibility index (Phi) is 3.73. The van der Waals surface area contributed by atoms with Crippen LogP contribution in [0.5, 0.6) is 11.5 Å². The molecule has 2 aromatic heterocycles. The smallest absolute Gasteiger partial charge is 0.200 e. The van der Waals surface area contributed by atoms with Gasteiger partial charge < -0.3 is 14.8 Å². The number of tetrazole rings is 1. The Morgan fingerprint density at radius 3 is 2.77 bits per heavy atom. The summed E-state index contributed by atoms with van der Waals surface area (Å²) >= 11 is 0. The lowest BCUT2D eigenvalue weighted by Gasteiger charge is -2.18. The van der Waals surface area contributed by atoms with E-state index < -0.39 is 0 Å². The molecule has 1 N–H and O–H groups in total. The van der Waals surface area contributed by atoms with E-state index in [4.69, 9.17) is 9.47 Å². The van der Waals surface area contributed by atoms with Crippen LogP contribution in [0.2, 0.25) is 0 Å². The Morgan fingerprint density at radius 1 is 1.14 bits per heavy atom. The summed E-state index contributed by atoms with van der Waals surface area (Å²) in [7, 11) is 3.28. The zero-order chi connectivity index (χ0) is 15.5. The second kappa shape index (κ2) is 5.84. The van der Waals surface area contributed by atoms with Gasteiger partial charge in [0, 0.05) is 5.56 Å². The van der Waals surface area contributed by atoms with Crippen molar-refractivity contribution in [3.8, 4) is 11.5 Å². The van der Waals surface area contributed by atoms with Crippen LogP contribution in [0.4, 0.5) is 5.82 Å². The minimum Gasteiger partial charge on any atom is -0.497 e. The monoisotopic (exact) mass is 300 g/mol. The van der Waals surface area contributed by atoms with Crippen molar-refractivity contribution in [1.29, 1.82) is 0 Å². The normalized spacial score (nSPS) is 12.1. The predicted octanol–water partition coefficient (Wildman–Crippen LogP) is 1.71. The molecule has 1 aromatic carbocycles. The van der Waals surface area contributed by atoms with Crippen LogP contribution in [0.15, 0.2) is 30.3 Å². The van der Waals surface area contributed by atoms with Crippen LogP contribution in [0.3, 0.4) is 0 Å². The molecule has 2 heterocycles. The van der Waals surface area contributed by atoms with Gasteiger partial charge in [0.15, 0.2) is 5.65 Å². The van der Waals surface area contributed by atoms with E-state index in [1.165, 1.54) is 4.63 Å². The summed E-state index contributed by atoms with van der Waals surface area (Å²) in [5.41, 5.74) is 1.57. The van der Waals surface area contributed by atoms with E-state index in [0.29, 0.717) is 11.5 Å². The molecule has 0 radical (unpaired) electrons. The van der Waals surface area contributed by atoms with Crippen molar-refractivity contribution in [2.75, 3.05) is 19.5 Å². The van der Waals surface area contributed by atoms with E-state index in [1.807, 2.05) is 31.2 Å². The van der Waals surface area contributed by atoms with Gasteiger partial charge in [0.05, 0.1) is 20.3 Å². The van der Waals surface area contributed by atoms with Crippen molar-refractivity contribution >= 4 is 11.5 Å². The molecule has 3 aromatic rings. The van der Waals surface area contributed by atoms with Crippen molar-refractivity contribution in [3.05, 3.63) is 35.9 Å². The Hall–Kier alpha value is -2.90. The third-order valence-electron chi connectivity index (χ3n) is 3.34. The molecule has 114 valence electrons. The number of nitrogens with zero attached hydrogens (tertiary/aromatic N) is 5. The topological polar surface area (TPSA) is 86.5 Å². The van der Waals surface area contributed by atoms with Crippen molar-refractivity contribution in [2.24, 2.45) is 0 Å². The number of nitrogens with one attached hydrogen (secondary N) is 1. The molecule has 0 saturated carbocycles. The van der Waals surface area contributed by atoms with Crippen LogP contribution in [0, 0.1) is 0 Å². The number of hydrogen-bond donors (Lipinski definition) is 1. The Balaban J connectivity index is 1.88. The average Bonchev–Trinajstić information content (AvgIpc) is 3.01. The van der Waals surface area contributed by atoms with Crippen LogP contribution in [-0.4, -0.2) is 39.5 Å². The van der Waals surface area contributed by atoms with Crippen LogP contribution in [0.1, 0.15) is 18.5 Å². The molecule has 22 heavy (non-hydrogen) atoms. The Bertz CT molecular complexity index is 788. The minimum absolute atomic E-state index is 0.0357. The zero-order valence-electron chi connectivity index (χ0n) is 12.5. The molecule has 0 aliphatic carbocycles. The molecule has 0 aliphatic heterocycles. The average molecular weight is 300 g/mol. The molecule has 8 nitrogen and oxygen atoms in total. The van der Waals surface area contributed by atoms with Crippen LogP contribution in [0.25, 0.3) is 5.65 Å².